The van der Waals surface area contributed by atoms with Crippen molar-refractivity contribution in [1.29, 1.82) is 0 Å². The number of aromatic hydroxyl groups is 1. The number of phenols is 1. The van der Waals surface area contributed by atoms with Crippen LogP contribution in [0.2, 0.25) is 5.15 Å². The number of hydrogen-bond acceptors (Lipinski definition) is 2. The Labute approximate surface area is 111 Å². The van der Waals surface area contributed by atoms with Gasteiger partial charge in [-0.2, -0.15) is 0 Å². The van der Waals surface area contributed by atoms with Gasteiger partial charge in [0.1, 0.15) is 11.6 Å². The molecular weight excluding hydrogens is 248 g/mol. The van der Waals surface area contributed by atoms with Crippen molar-refractivity contribution in [2.45, 2.75) is 32.2 Å². The molecule has 1 aliphatic heterocycles. The maximum absolute atomic E-state index is 9.35. The van der Waals surface area contributed by atoms with Crippen LogP contribution >= 0.6 is 11.6 Å². The molecule has 18 heavy (non-hydrogen) atoms. The molecule has 0 aliphatic carbocycles. The minimum absolute atomic E-state index is 0.267. The van der Waals surface area contributed by atoms with Crippen molar-refractivity contribution < 1.29 is 5.11 Å². The SMILES string of the molecule is CC1CCCc2c(Cl)nc(-c3ccc(O)cc3)n21. The lowest BCUT2D eigenvalue weighted by Crippen LogP contribution is -2.15. The minimum Gasteiger partial charge on any atom is -0.508 e. The van der Waals surface area contributed by atoms with Gasteiger partial charge >= 0.3 is 0 Å². The molecule has 1 aromatic carbocycles. The normalized spacial score (nSPS) is 18.7. The van der Waals surface area contributed by atoms with Crippen molar-refractivity contribution >= 4 is 11.6 Å². The molecule has 0 bridgehead atoms. The molecule has 4 heteroatoms. The number of aromatic nitrogens is 2. The van der Waals surface area contributed by atoms with Crippen molar-refractivity contribution in [3.63, 3.8) is 0 Å². The van der Waals surface area contributed by atoms with Gasteiger partial charge in [-0.25, -0.2) is 4.98 Å². The molecule has 0 saturated carbocycles. The van der Waals surface area contributed by atoms with Gasteiger partial charge in [0.2, 0.25) is 0 Å². The molecule has 3 rings (SSSR count). The van der Waals surface area contributed by atoms with Gasteiger partial charge in [-0.3, -0.25) is 0 Å². The molecule has 0 radical (unpaired) electrons. The van der Waals surface area contributed by atoms with E-state index in [-0.39, 0.29) is 5.75 Å². The number of rotatable bonds is 1. The van der Waals surface area contributed by atoms with E-state index in [1.165, 1.54) is 6.42 Å². The van der Waals surface area contributed by atoms with Crippen LogP contribution in [0.15, 0.2) is 24.3 Å². The predicted octanol–water partition coefficient (Wildman–Crippen LogP) is 3.81. The van der Waals surface area contributed by atoms with Crippen molar-refractivity contribution in [3.05, 3.63) is 35.1 Å². The third-order valence-corrected chi connectivity index (χ3v) is 3.87. The number of imidazole rings is 1. The summed E-state index contributed by atoms with van der Waals surface area (Å²) in [7, 11) is 0. The highest BCUT2D eigenvalue weighted by Gasteiger charge is 2.24. The first-order valence-corrected chi connectivity index (χ1v) is 6.60. The van der Waals surface area contributed by atoms with Crippen LogP contribution in [0.4, 0.5) is 0 Å². The number of halogens is 1. The highest BCUT2D eigenvalue weighted by molar-refractivity contribution is 6.30. The predicted molar refractivity (Wildman–Crippen MR) is 72.0 cm³/mol. The number of hydrogen-bond donors (Lipinski definition) is 1. The molecule has 1 aromatic heterocycles. The second-order valence-corrected chi connectivity index (χ2v) is 5.19. The van der Waals surface area contributed by atoms with Crippen LogP contribution in [0.5, 0.6) is 5.75 Å². The molecule has 1 atom stereocenters. The van der Waals surface area contributed by atoms with Gasteiger partial charge in [0, 0.05) is 11.6 Å². The van der Waals surface area contributed by atoms with E-state index in [0.29, 0.717) is 11.2 Å². The molecule has 2 heterocycles. The topological polar surface area (TPSA) is 38.1 Å². The lowest BCUT2D eigenvalue weighted by molar-refractivity contribution is 0.436. The Morgan fingerprint density at radius 1 is 1.33 bits per heavy atom. The van der Waals surface area contributed by atoms with Crippen molar-refractivity contribution in [3.8, 4) is 17.1 Å². The van der Waals surface area contributed by atoms with Gasteiger partial charge < -0.3 is 9.67 Å². The molecule has 0 fully saturated rings. The molecule has 1 N–H and O–H groups in total. The van der Waals surface area contributed by atoms with E-state index in [1.54, 1.807) is 12.1 Å². The van der Waals surface area contributed by atoms with E-state index in [9.17, 15) is 5.11 Å². The van der Waals surface area contributed by atoms with Crippen molar-refractivity contribution in [2.75, 3.05) is 0 Å². The van der Waals surface area contributed by atoms with Crippen LogP contribution in [-0.2, 0) is 6.42 Å². The summed E-state index contributed by atoms with van der Waals surface area (Å²) in [6.07, 6.45) is 3.32. The van der Waals surface area contributed by atoms with Gasteiger partial charge in [0.25, 0.3) is 0 Å². The Morgan fingerprint density at radius 3 is 2.78 bits per heavy atom. The van der Waals surface area contributed by atoms with Crippen molar-refractivity contribution in [2.24, 2.45) is 0 Å². The molecule has 0 saturated heterocycles. The van der Waals surface area contributed by atoms with Crippen LogP contribution in [-0.4, -0.2) is 14.7 Å². The first-order chi connectivity index (χ1) is 8.66. The summed E-state index contributed by atoms with van der Waals surface area (Å²) < 4.78 is 2.23. The highest BCUT2D eigenvalue weighted by atomic mass is 35.5. The fourth-order valence-electron chi connectivity index (χ4n) is 2.65. The zero-order chi connectivity index (χ0) is 12.7. The second-order valence-electron chi connectivity index (χ2n) is 4.83. The minimum atomic E-state index is 0.267. The summed E-state index contributed by atoms with van der Waals surface area (Å²) >= 11 is 6.23. The Bertz CT molecular complexity index is 574. The monoisotopic (exact) mass is 262 g/mol. The van der Waals surface area contributed by atoms with Crippen LogP contribution < -0.4 is 0 Å². The van der Waals surface area contributed by atoms with E-state index in [2.05, 4.69) is 16.5 Å². The number of fused-ring (bicyclic) bond motifs is 1. The molecule has 1 aliphatic rings. The first kappa shape index (κ1) is 11.6. The standard InChI is InChI=1S/C14H15ClN2O/c1-9-3-2-4-12-13(15)16-14(17(9)12)10-5-7-11(18)8-6-10/h5-9,18H,2-4H2,1H3. The van der Waals surface area contributed by atoms with E-state index in [4.69, 9.17) is 11.6 Å². The molecule has 2 aromatic rings. The zero-order valence-electron chi connectivity index (χ0n) is 10.2. The van der Waals surface area contributed by atoms with Crippen LogP contribution in [0.3, 0.4) is 0 Å². The quantitative estimate of drug-likeness (QED) is 0.849. The Hall–Kier alpha value is -1.48. The summed E-state index contributed by atoms with van der Waals surface area (Å²) in [5.41, 5.74) is 2.13. The maximum Gasteiger partial charge on any atom is 0.150 e. The molecule has 3 nitrogen and oxygen atoms in total. The van der Waals surface area contributed by atoms with Gasteiger partial charge in [-0.1, -0.05) is 11.6 Å². The van der Waals surface area contributed by atoms with Gasteiger partial charge in [-0.15, -0.1) is 0 Å². The highest BCUT2D eigenvalue weighted by Crippen LogP contribution is 2.35. The maximum atomic E-state index is 9.35. The second kappa shape index (κ2) is 4.32. The Kier molecular flexibility index (Phi) is 2.78. The lowest BCUT2D eigenvalue weighted by atomic mass is 10.0. The molecular formula is C14H15ClN2O. The summed E-state index contributed by atoms with van der Waals surface area (Å²) in [5.74, 6) is 1.17. The fraction of sp³-hybridized carbons (Fsp3) is 0.357. The largest absolute Gasteiger partial charge is 0.508 e. The molecule has 94 valence electrons. The Balaban J connectivity index is 2.15. The molecule has 0 spiro atoms. The average molecular weight is 263 g/mol. The lowest BCUT2D eigenvalue weighted by Gasteiger charge is -2.24. The van der Waals surface area contributed by atoms with Crippen LogP contribution in [0, 0.1) is 0 Å². The zero-order valence-corrected chi connectivity index (χ0v) is 11.0. The summed E-state index contributed by atoms with van der Waals surface area (Å²) in [4.78, 5) is 4.49. The third kappa shape index (κ3) is 1.79. The molecule has 0 amide bonds. The van der Waals surface area contributed by atoms with Crippen LogP contribution in [0.1, 0.15) is 31.5 Å². The average Bonchev–Trinajstić information content (AvgIpc) is 2.70. The summed E-state index contributed by atoms with van der Waals surface area (Å²) in [5, 5.41) is 9.96. The van der Waals surface area contributed by atoms with Gasteiger partial charge in [0.05, 0.1) is 5.69 Å². The van der Waals surface area contributed by atoms with Gasteiger partial charge in [0.15, 0.2) is 5.15 Å². The summed E-state index contributed by atoms with van der Waals surface area (Å²) in [6.45, 7) is 2.20. The summed E-state index contributed by atoms with van der Waals surface area (Å²) in [6, 6.07) is 7.54. The Morgan fingerprint density at radius 2 is 2.06 bits per heavy atom. The number of nitrogens with zero attached hydrogens (tertiary/aromatic N) is 2. The van der Waals surface area contributed by atoms with E-state index in [0.717, 1.165) is 29.9 Å². The van der Waals surface area contributed by atoms with E-state index >= 15 is 0 Å². The third-order valence-electron chi connectivity index (χ3n) is 3.56. The molecule has 1 unspecified atom stereocenters. The van der Waals surface area contributed by atoms with Crippen LogP contribution in [0.25, 0.3) is 11.4 Å². The van der Waals surface area contributed by atoms with E-state index < -0.39 is 0 Å². The number of phenolic OH excluding ortho intramolecular Hbond substituents is 1. The van der Waals surface area contributed by atoms with Gasteiger partial charge in [-0.05, 0) is 50.5 Å². The van der Waals surface area contributed by atoms with Crippen molar-refractivity contribution in [1.82, 2.24) is 9.55 Å². The van der Waals surface area contributed by atoms with E-state index in [1.807, 2.05) is 12.1 Å². The number of benzene rings is 1. The fourth-order valence-corrected chi connectivity index (χ4v) is 2.91. The smallest absolute Gasteiger partial charge is 0.150 e. The first-order valence-electron chi connectivity index (χ1n) is 6.23.